The lowest BCUT2D eigenvalue weighted by atomic mass is 10.1. The molecular formula is C25H30F2N4O6. The summed E-state index contributed by atoms with van der Waals surface area (Å²) in [7, 11) is 1.54. The number of ether oxygens (including phenoxy) is 2. The molecule has 1 aliphatic rings. The first-order valence-corrected chi connectivity index (χ1v) is 11.7. The van der Waals surface area contributed by atoms with Gasteiger partial charge in [0, 0.05) is 26.4 Å². The number of halogens is 2. The number of hydrogen-bond donors (Lipinski definition) is 2. The number of nitrogens with one attached hydrogen (secondary N) is 2. The number of para-hydroxylation sites is 1. The maximum absolute atomic E-state index is 14.0. The number of alkyl carbamates (subject to hydrolysis) is 1. The Labute approximate surface area is 212 Å². The molecule has 2 N–H and O–H groups in total. The molecule has 1 atom stereocenters. The average Bonchev–Trinajstić information content (AvgIpc) is 3.03. The Morgan fingerprint density at radius 1 is 1.24 bits per heavy atom. The molecule has 0 spiro atoms. The molecule has 200 valence electrons. The highest BCUT2D eigenvalue weighted by Crippen LogP contribution is 2.24. The van der Waals surface area contributed by atoms with Crippen molar-refractivity contribution in [3.05, 3.63) is 34.2 Å². The molecule has 0 bridgehead atoms. The number of fused-ring (bicyclic) bond motifs is 1. The summed E-state index contributed by atoms with van der Waals surface area (Å²) in [4.78, 5) is 48.3. The Morgan fingerprint density at radius 2 is 1.97 bits per heavy atom. The smallest absolute Gasteiger partial charge is 0.407 e. The van der Waals surface area contributed by atoms with Gasteiger partial charge >= 0.3 is 11.8 Å². The number of hydrogen-bond acceptors (Lipinski definition) is 6. The minimum Gasteiger partial charge on any atom is -0.444 e. The van der Waals surface area contributed by atoms with Gasteiger partial charge in [0.2, 0.25) is 11.8 Å². The van der Waals surface area contributed by atoms with E-state index in [1.807, 2.05) is 0 Å². The first-order valence-electron chi connectivity index (χ1n) is 11.7. The molecule has 0 radical (unpaired) electrons. The zero-order valence-corrected chi connectivity index (χ0v) is 21.2. The van der Waals surface area contributed by atoms with E-state index in [0.29, 0.717) is 16.6 Å². The first-order chi connectivity index (χ1) is 17.3. The summed E-state index contributed by atoms with van der Waals surface area (Å²) in [6, 6.07) is 4.18. The van der Waals surface area contributed by atoms with Crippen LogP contribution in [0.25, 0.3) is 11.0 Å². The van der Waals surface area contributed by atoms with Gasteiger partial charge in [-0.3, -0.25) is 24.0 Å². The fourth-order valence-electron chi connectivity index (χ4n) is 3.89. The number of nitrogens with zero attached hydrogens (tertiary/aromatic N) is 2. The SMILES string of the molecule is Cn1c(=O)n(C2CCC(=O)NC2=O)c2cccc(C#CCOCC(F)(F)CCNC(=O)OC(C)(C)C)c21. The molecule has 1 aromatic carbocycles. The van der Waals surface area contributed by atoms with Crippen molar-refractivity contribution in [3.63, 3.8) is 0 Å². The number of alkyl halides is 2. The van der Waals surface area contributed by atoms with Crippen molar-refractivity contribution in [1.82, 2.24) is 19.8 Å². The summed E-state index contributed by atoms with van der Waals surface area (Å²) in [5, 5.41) is 4.53. The van der Waals surface area contributed by atoms with Crippen molar-refractivity contribution in [1.29, 1.82) is 0 Å². The topological polar surface area (TPSA) is 121 Å². The maximum Gasteiger partial charge on any atom is 0.407 e. The van der Waals surface area contributed by atoms with E-state index in [1.54, 1.807) is 46.0 Å². The Balaban J connectivity index is 1.62. The van der Waals surface area contributed by atoms with Crippen molar-refractivity contribution in [2.75, 3.05) is 19.8 Å². The van der Waals surface area contributed by atoms with E-state index >= 15 is 0 Å². The quantitative estimate of drug-likeness (QED) is 0.328. The zero-order valence-electron chi connectivity index (χ0n) is 21.2. The summed E-state index contributed by atoms with van der Waals surface area (Å²) >= 11 is 0. The molecule has 1 fully saturated rings. The zero-order chi connectivity index (χ0) is 27.4. The van der Waals surface area contributed by atoms with E-state index in [9.17, 15) is 28.0 Å². The molecule has 2 heterocycles. The monoisotopic (exact) mass is 520 g/mol. The van der Waals surface area contributed by atoms with Crippen LogP contribution in [-0.2, 0) is 26.1 Å². The molecule has 10 nitrogen and oxygen atoms in total. The van der Waals surface area contributed by atoms with E-state index in [2.05, 4.69) is 22.5 Å². The van der Waals surface area contributed by atoms with Crippen LogP contribution in [0.5, 0.6) is 0 Å². The van der Waals surface area contributed by atoms with Gasteiger partial charge in [-0.2, -0.15) is 0 Å². The van der Waals surface area contributed by atoms with Crippen LogP contribution in [0.1, 0.15) is 51.6 Å². The van der Waals surface area contributed by atoms with Crippen LogP contribution in [0.2, 0.25) is 0 Å². The summed E-state index contributed by atoms with van der Waals surface area (Å²) in [5.41, 5.74) is 0.246. The number of carbonyl (C=O) groups excluding carboxylic acids is 3. The summed E-state index contributed by atoms with van der Waals surface area (Å²) in [6.07, 6.45) is -1.08. The van der Waals surface area contributed by atoms with E-state index < -0.39 is 48.3 Å². The largest absolute Gasteiger partial charge is 0.444 e. The third-order valence-corrected chi connectivity index (χ3v) is 5.49. The van der Waals surface area contributed by atoms with Crippen LogP contribution in [0.4, 0.5) is 13.6 Å². The lowest BCUT2D eigenvalue weighted by Gasteiger charge is -2.21. The normalized spacial score (nSPS) is 16.2. The van der Waals surface area contributed by atoms with E-state index in [1.165, 1.54) is 9.13 Å². The van der Waals surface area contributed by atoms with Crippen molar-refractivity contribution >= 4 is 28.9 Å². The van der Waals surface area contributed by atoms with Gasteiger partial charge in [0.05, 0.1) is 16.6 Å². The fraction of sp³-hybridized carbons (Fsp3) is 0.520. The van der Waals surface area contributed by atoms with Crippen LogP contribution in [0.15, 0.2) is 23.0 Å². The highest BCUT2D eigenvalue weighted by atomic mass is 19.3. The van der Waals surface area contributed by atoms with E-state index in [4.69, 9.17) is 9.47 Å². The van der Waals surface area contributed by atoms with Gasteiger partial charge in [0.1, 0.15) is 24.9 Å². The van der Waals surface area contributed by atoms with Crippen LogP contribution < -0.4 is 16.3 Å². The molecular weight excluding hydrogens is 490 g/mol. The number of piperidine rings is 1. The molecule has 1 aromatic heterocycles. The Morgan fingerprint density at radius 3 is 2.65 bits per heavy atom. The molecule has 1 unspecified atom stereocenters. The molecule has 0 saturated carbocycles. The average molecular weight is 521 g/mol. The minimum atomic E-state index is -3.18. The molecule has 1 aliphatic heterocycles. The predicted molar refractivity (Wildman–Crippen MR) is 130 cm³/mol. The number of benzene rings is 1. The number of aryl methyl sites for hydroxylation is 1. The first kappa shape index (κ1) is 27.9. The molecule has 1 saturated heterocycles. The Kier molecular flexibility index (Phi) is 8.38. The number of carbonyl (C=O) groups is 3. The predicted octanol–water partition coefficient (Wildman–Crippen LogP) is 2.24. The maximum atomic E-state index is 14.0. The van der Waals surface area contributed by atoms with Crippen LogP contribution in [0.3, 0.4) is 0 Å². The standard InChI is InChI=1S/C25H30F2N4O6/c1-24(2,3)37-22(34)28-13-12-25(26,27)15-36-14-6-8-16-7-5-9-17-20(16)30(4)23(35)31(17)18-10-11-19(32)29-21(18)33/h5,7,9,18H,10-15H2,1-4H3,(H,28,34)(H,29,32,33). The lowest BCUT2D eigenvalue weighted by Crippen LogP contribution is -2.44. The number of amides is 3. The molecule has 2 aromatic rings. The molecule has 12 heteroatoms. The van der Waals surface area contributed by atoms with Gasteiger partial charge in [0.25, 0.3) is 5.92 Å². The second kappa shape index (κ2) is 11.1. The number of rotatable bonds is 7. The van der Waals surface area contributed by atoms with Gasteiger partial charge in [-0.05, 0) is 39.3 Å². The fourth-order valence-corrected chi connectivity index (χ4v) is 3.89. The van der Waals surface area contributed by atoms with Crippen molar-refractivity contribution in [2.45, 2.75) is 57.6 Å². The highest BCUT2D eigenvalue weighted by molar-refractivity contribution is 6.00. The van der Waals surface area contributed by atoms with Crippen molar-refractivity contribution < 1.29 is 32.6 Å². The Hall–Kier alpha value is -3.72. The molecule has 37 heavy (non-hydrogen) atoms. The number of aromatic nitrogens is 2. The lowest BCUT2D eigenvalue weighted by molar-refractivity contribution is -0.135. The number of imidazole rings is 1. The summed E-state index contributed by atoms with van der Waals surface area (Å²) in [5.74, 6) is 1.40. The van der Waals surface area contributed by atoms with Crippen LogP contribution >= 0.6 is 0 Å². The van der Waals surface area contributed by atoms with E-state index in [0.717, 1.165) is 0 Å². The second-order valence-corrected chi connectivity index (χ2v) is 9.68. The van der Waals surface area contributed by atoms with Crippen LogP contribution in [-0.4, -0.2) is 58.3 Å². The van der Waals surface area contributed by atoms with Gasteiger partial charge in [-0.15, -0.1) is 0 Å². The number of imide groups is 1. The summed E-state index contributed by atoms with van der Waals surface area (Å²) < 4.78 is 40.8. The van der Waals surface area contributed by atoms with Crippen molar-refractivity contribution in [3.8, 4) is 11.8 Å². The second-order valence-electron chi connectivity index (χ2n) is 9.68. The third kappa shape index (κ3) is 7.16. The van der Waals surface area contributed by atoms with E-state index in [-0.39, 0.29) is 31.9 Å². The third-order valence-electron chi connectivity index (χ3n) is 5.49. The molecule has 3 amide bonds. The van der Waals surface area contributed by atoms with Gasteiger partial charge in [0.15, 0.2) is 0 Å². The highest BCUT2D eigenvalue weighted by Gasteiger charge is 2.32. The minimum absolute atomic E-state index is 0.123. The Bertz CT molecular complexity index is 1310. The van der Waals surface area contributed by atoms with Gasteiger partial charge < -0.3 is 14.8 Å². The van der Waals surface area contributed by atoms with Gasteiger partial charge in [-0.1, -0.05) is 17.9 Å². The van der Waals surface area contributed by atoms with Crippen molar-refractivity contribution in [2.24, 2.45) is 7.05 Å². The summed E-state index contributed by atoms with van der Waals surface area (Å²) in [6.45, 7) is 3.56. The van der Waals surface area contributed by atoms with Gasteiger partial charge in [-0.25, -0.2) is 18.4 Å². The molecule has 0 aliphatic carbocycles. The molecule has 3 rings (SSSR count). The van der Waals surface area contributed by atoms with Crippen LogP contribution in [0, 0.1) is 11.8 Å².